The van der Waals surface area contributed by atoms with Crippen molar-refractivity contribution in [2.24, 2.45) is 0 Å². The van der Waals surface area contributed by atoms with Crippen molar-refractivity contribution >= 4 is 23.1 Å². The molecule has 4 rings (SSSR count). The molecule has 0 saturated heterocycles. The number of benzene rings is 3. The predicted molar refractivity (Wildman–Crippen MR) is 129 cm³/mol. The number of oxazole rings is 1. The summed E-state index contributed by atoms with van der Waals surface area (Å²) in [6.07, 6.45) is 3.82. The van der Waals surface area contributed by atoms with Crippen molar-refractivity contribution in [1.82, 2.24) is 4.98 Å². The number of ether oxygens (including phenoxy) is 1. The standard InChI is InChI=1S/C27H28N2O4/c30-26(31)22-14-16-23(17-15-22)32-20-7-6-18-29(19-8-11-21-9-2-1-3-10-21)27-28-24-12-4-5-13-25(24)33-27/h1-5,9-10,12-17H,6-8,11,18-20H2,(H,30,31). The van der Waals surface area contributed by atoms with E-state index in [1.54, 1.807) is 24.3 Å². The van der Waals surface area contributed by atoms with E-state index in [0.29, 0.717) is 18.4 Å². The van der Waals surface area contributed by atoms with Gasteiger partial charge in [0.25, 0.3) is 6.01 Å². The van der Waals surface area contributed by atoms with E-state index in [1.807, 2.05) is 30.3 Å². The minimum absolute atomic E-state index is 0.256. The zero-order chi connectivity index (χ0) is 22.9. The van der Waals surface area contributed by atoms with Gasteiger partial charge in [-0.3, -0.25) is 0 Å². The number of nitrogens with zero attached hydrogens (tertiary/aromatic N) is 2. The molecule has 33 heavy (non-hydrogen) atoms. The van der Waals surface area contributed by atoms with Crippen LogP contribution in [0.5, 0.6) is 5.75 Å². The van der Waals surface area contributed by atoms with Crippen LogP contribution in [0.25, 0.3) is 11.1 Å². The molecule has 0 amide bonds. The van der Waals surface area contributed by atoms with Gasteiger partial charge in [0.1, 0.15) is 11.3 Å². The summed E-state index contributed by atoms with van der Waals surface area (Å²) in [5.41, 5.74) is 3.26. The van der Waals surface area contributed by atoms with Gasteiger partial charge in [0.2, 0.25) is 0 Å². The molecule has 4 aromatic rings. The number of aryl methyl sites for hydroxylation is 1. The molecule has 170 valence electrons. The Bertz CT molecular complexity index is 1120. The molecular formula is C27H28N2O4. The summed E-state index contributed by atoms with van der Waals surface area (Å²) in [5.74, 6) is -0.258. The van der Waals surface area contributed by atoms with Crippen LogP contribution in [0.15, 0.2) is 83.3 Å². The van der Waals surface area contributed by atoms with Crippen LogP contribution in [0.1, 0.15) is 35.2 Å². The molecule has 0 spiro atoms. The second-order valence-corrected chi connectivity index (χ2v) is 7.93. The van der Waals surface area contributed by atoms with Crippen LogP contribution in [0.2, 0.25) is 0 Å². The van der Waals surface area contributed by atoms with Gasteiger partial charge in [-0.25, -0.2) is 4.79 Å². The summed E-state index contributed by atoms with van der Waals surface area (Å²) in [6, 6.07) is 25.5. The predicted octanol–water partition coefficient (Wildman–Crippen LogP) is 5.82. The SMILES string of the molecule is O=C(O)c1ccc(OCCCCN(CCCc2ccccc2)c2nc3ccccc3o2)cc1. The monoisotopic (exact) mass is 444 g/mol. The summed E-state index contributed by atoms with van der Waals surface area (Å²) in [6.45, 7) is 2.25. The van der Waals surface area contributed by atoms with E-state index in [-0.39, 0.29) is 5.56 Å². The molecule has 1 aromatic heterocycles. The lowest BCUT2D eigenvalue weighted by molar-refractivity contribution is 0.0697. The number of aromatic carboxylic acids is 1. The zero-order valence-corrected chi connectivity index (χ0v) is 18.5. The quantitative estimate of drug-likeness (QED) is 0.277. The van der Waals surface area contributed by atoms with E-state index in [4.69, 9.17) is 14.3 Å². The number of fused-ring (bicyclic) bond motifs is 1. The first-order valence-electron chi connectivity index (χ1n) is 11.3. The number of carboxylic acids is 1. The Labute approximate surface area is 193 Å². The van der Waals surface area contributed by atoms with Gasteiger partial charge in [0.05, 0.1) is 12.2 Å². The lowest BCUT2D eigenvalue weighted by atomic mass is 10.1. The third-order valence-electron chi connectivity index (χ3n) is 5.48. The Kier molecular flexibility index (Phi) is 7.59. The molecule has 1 N–H and O–H groups in total. The number of unbranched alkanes of at least 4 members (excludes halogenated alkanes) is 1. The third-order valence-corrected chi connectivity index (χ3v) is 5.48. The van der Waals surface area contributed by atoms with E-state index >= 15 is 0 Å². The number of carbonyl (C=O) groups is 1. The topological polar surface area (TPSA) is 75.8 Å². The minimum atomic E-state index is -0.937. The van der Waals surface area contributed by atoms with Gasteiger partial charge in [0, 0.05) is 13.1 Å². The molecule has 0 aliphatic rings. The highest BCUT2D eigenvalue weighted by molar-refractivity contribution is 5.87. The van der Waals surface area contributed by atoms with E-state index < -0.39 is 5.97 Å². The van der Waals surface area contributed by atoms with Crippen LogP contribution in [0.4, 0.5) is 6.01 Å². The van der Waals surface area contributed by atoms with Crippen molar-refractivity contribution in [3.8, 4) is 5.75 Å². The molecule has 3 aromatic carbocycles. The molecule has 1 heterocycles. The average Bonchev–Trinajstić information content (AvgIpc) is 3.28. The van der Waals surface area contributed by atoms with Gasteiger partial charge in [-0.05, 0) is 67.6 Å². The van der Waals surface area contributed by atoms with E-state index in [0.717, 1.165) is 49.9 Å². The van der Waals surface area contributed by atoms with Gasteiger partial charge in [-0.2, -0.15) is 4.98 Å². The summed E-state index contributed by atoms with van der Waals surface area (Å²) in [4.78, 5) is 17.8. The van der Waals surface area contributed by atoms with Crippen LogP contribution in [0, 0.1) is 0 Å². The molecule has 0 bridgehead atoms. The first kappa shape index (κ1) is 22.4. The van der Waals surface area contributed by atoms with Crippen molar-refractivity contribution in [3.05, 3.63) is 90.0 Å². The van der Waals surface area contributed by atoms with Gasteiger partial charge in [0.15, 0.2) is 5.58 Å². The summed E-state index contributed by atoms with van der Waals surface area (Å²) < 4.78 is 11.8. The molecule has 0 unspecified atom stereocenters. The van der Waals surface area contributed by atoms with Gasteiger partial charge < -0.3 is 19.2 Å². The number of hydrogen-bond donors (Lipinski definition) is 1. The first-order valence-corrected chi connectivity index (χ1v) is 11.3. The van der Waals surface area contributed by atoms with Crippen molar-refractivity contribution in [1.29, 1.82) is 0 Å². The molecule has 0 saturated carbocycles. The van der Waals surface area contributed by atoms with Crippen molar-refractivity contribution in [2.45, 2.75) is 25.7 Å². The number of para-hydroxylation sites is 2. The van der Waals surface area contributed by atoms with Gasteiger partial charge in [-0.1, -0.05) is 42.5 Å². The van der Waals surface area contributed by atoms with E-state index in [1.165, 1.54) is 5.56 Å². The van der Waals surface area contributed by atoms with Crippen LogP contribution in [0.3, 0.4) is 0 Å². The molecule has 0 atom stereocenters. The average molecular weight is 445 g/mol. The van der Waals surface area contributed by atoms with Crippen LogP contribution < -0.4 is 9.64 Å². The van der Waals surface area contributed by atoms with Gasteiger partial charge in [-0.15, -0.1) is 0 Å². The molecular weight excluding hydrogens is 416 g/mol. The molecule has 0 fully saturated rings. The fourth-order valence-corrected chi connectivity index (χ4v) is 3.71. The van der Waals surface area contributed by atoms with Crippen LogP contribution in [-0.4, -0.2) is 35.8 Å². The minimum Gasteiger partial charge on any atom is -0.494 e. The maximum absolute atomic E-state index is 10.9. The number of rotatable bonds is 12. The Morgan fingerprint density at radius 3 is 2.36 bits per heavy atom. The van der Waals surface area contributed by atoms with E-state index in [9.17, 15) is 4.79 Å². The molecule has 0 radical (unpaired) electrons. The summed E-state index contributed by atoms with van der Waals surface area (Å²) >= 11 is 0. The highest BCUT2D eigenvalue weighted by Crippen LogP contribution is 2.22. The Morgan fingerprint density at radius 2 is 1.61 bits per heavy atom. The first-order chi connectivity index (χ1) is 16.2. The summed E-state index contributed by atoms with van der Waals surface area (Å²) in [5, 5.41) is 8.98. The lowest BCUT2D eigenvalue weighted by Gasteiger charge is -2.20. The Morgan fingerprint density at radius 1 is 0.879 bits per heavy atom. The Balaban J connectivity index is 1.30. The smallest absolute Gasteiger partial charge is 0.335 e. The highest BCUT2D eigenvalue weighted by atomic mass is 16.5. The number of carboxylic acid groups (broad SMARTS) is 1. The molecule has 0 aliphatic carbocycles. The number of anilines is 1. The normalized spacial score (nSPS) is 10.9. The van der Waals surface area contributed by atoms with Crippen molar-refractivity contribution in [3.63, 3.8) is 0 Å². The van der Waals surface area contributed by atoms with Crippen molar-refractivity contribution < 1.29 is 19.1 Å². The fraction of sp³-hybridized carbons (Fsp3) is 0.259. The number of hydrogen-bond acceptors (Lipinski definition) is 5. The van der Waals surface area contributed by atoms with Crippen molar-refractivity contribution in [2.75, 3.05) is 24.6 Å². The second kappa shape index (κ2) is 11.2. The van der Waals surface area contributed by atoms with Crippen LogP contribution >= 0.6 is 0 Å². The fourth-order valence-electron chi connectivity index (χ4n) is 3.71. The number of aromatic nitrogens is 1. The molecule has 6 heteroatoms. The zero-order valence-electron chi connectivity index (χ0n) is 18.5. The summed E-state index contributed by atoms with van der Waals surface area (Å²) in [7, 11) is 0. The lowest BCUT2D eigenvalue weighted by Crippen LogP contribution is -2.26. The van der Waals surface area contributed by atoms with E-state index in [2.05, 4.69) is 34.1 Å². The highest BCUT2D eigenvalue weighted by Gasteiger charge is 2.14. The van der Waals surface area contributed by atoms with Gasteiger partial charge >= 0.3 is 5.97 Å². The second-order valence-electron chi connectivity index (χ2n) is 7.93. The molecule has 6 nitrogen and oxygen atoms in total. The molecule has 0 aliphatic heterocycles. The maximum atomic E-state index is 10.9. The maximum Gasteiger partial charge on any atom is 0.335 e. The largest absolute Gasteiger partial charge is 0.494 e. The van der Waals surface area contributed by atoms with Crippen LogP contribution in [-0.2, 0) is 6.42 Å². The Hall–Kier alpha value is -3.80. The third kappa shape index (κ3) is 6.35.